The van der Waals surface area contributed by atoms with Gasteiger partial charge in [0.1, 0.15) is 0 Å². The molecule has 2 fully saturated rings. The number of urea groups is 1. The minimum Gasteiger partial charge on any atom is -0.332 e. The second-order valence-corrected chi connectivity index (χ2v) is 8.07. The molecule has 3 N–H and O–H groups in total. The van der Waals surface area contributed by atoms with E-state index < -0.39 is 0 Å². The number of anilines is 1. The fourth-order valence-electron chi connectivity index (χ4n) is 3.69. The van der Waals surface area contributed by atoms with Crippen LogP contribution >= 0.6 is 11.8 Å². The number of rotatable bonds is 6. The lowest BCUT2D eigenvalue weighted by Gasteiger charge is -2.16. The summed E-state index contributed by atoms with van der Waals surface area (Å²) < 4.78 is 0. The monoisotopic (exact) mass is 370 g/mol. The Balaban J connectivity index is 1.24. The van der Waals surface area contributed by atoms with Crippen molar-refractivity contribution in [1.82, 2.24) is 15.6 Å². The smallest absolute Gasteiger partial charge is 0.315 e. The zero-order valence-corrected chi connectivity index (χ0v) is 15.2. The van der Waals surface area contributed by atoms with Crippen LogP contribution in [-0.2, 0) is 4.79 Å². The van der Waals surface area contributed by atoms with E-state index in [4.69, 9.17) is 0 Å². The molecule has 0 aliphatic carbocycles. The molecule has 3 atom stereocenters. The van der Waals surface area contributed by atoms with Crippen molar-refractivity contribution in [2.24, 2.45) is 0 Å². The number of fused-ring (bicyclic) bond motifs is 2. The minimum absolute atomic E-state index is 0.0240. The lowest BCUT2D eigenvalue weighted by Crippen LogP contribution is -2.36. The molecular weight excluding hydrogens is 348 g/mol. The average Bonchev–Trinajstić information content (AvgIpc) is 3.18. The summed E-state index contributed by atoms with van der Waals surface area (Å²) in [5.41, 5.74) is 1.59. The van der Waals surface area contributed by atoms with Gasteiger partial charge in [0, 0.05) is 29.0 Å². The standard InChI is InChI=1S/C19H22N4O2S/c24-16(21-13-7-3-5-12-6-4-10-20-17(12)13)9-2-1-8-15-18-14(11-26-15)22-19(25)23-18/h3-7,10,14-15,18H,1-2,8-9,11H2,(H,21,24)(H2,22,23,25)/t14-,15-,18+/m1/s1. The van der Waals surface area contributed by atoms with E-state index in [1.165, 1.54) is 0 Å². The molecule has 26 heavy (non-hydrogen) atoms. The maximum absolute atomic E-state index is 12.3. The van der Waals surface area contributed by atoms with Crippen LogP contribution in [0.5, 0.6) is 0 Å². The lowest BCUT2D eigenvalue weighted by atomic mass is 10.0. The van der Waals surface area contributed by atoms with E-state index in [0.717, 1.165) is 41.6 Å². The summed E-state index contributed by atoms with van der Waals surface area (Å²) in [4.78, 5) is 28.0. The predicted molar refractivity (Wildman–Crippen MR) is 104 cm³/mol. The highest BCUT2D eigenvalue weighted by Crippen LogP contribution is 2.33. The Labute approximate surface area is 156 Å². The number of nitrogens with one attached hydrogen (secondary N) is 3. The van der Waals surface area contributed by atoms with E-state index in [-0.39, 0.29) is 24.0 Å². The molecule has 3 heterocycles. The van der Waals surface area contributed by atoms with Crippen LogP contribution in [0.25, 0.3) is 10.9 Å². The molecule has 136 valence electrons. The molecule has 6 nitrogen and oxygen atoms in total. The fourth-order valence-corrected chi connectivity index (χ4v) is 5.24. The van der Waals surface area contributed by atoms with Gasteiger partial charge in [-0.25, -0.2) is 4.79 Å². The van der Waals surface area contributed by atoms with Gasteiger partial charge in [0.05, 0.1) is 23.3 Å². The summed E-state index contributed by atoms with van der Waals surface area (Å²) in [5.74, 6) is 0.999. The molecule has 2 aliphatic rings. The minimum atomic E-state index is -0.0478. The first kappa shape index (κ1) is 17.1. The van der Waals surface area contributed by atoms with Crippen LogP contribution in [0.15, 0.2) is 36.5 Å². The van der Waals surface area contributed by atoms with Crippen molar-refractivity contribution in [3.63, 3.8) is 0 Å². The van der Waals surface area contributed by atoms with Crippen LogP contribution in [-0.4, -0.2) is 40.0 Å². The number of carbonyl (C=O) groups excluding carboxylic acids is 2. The first-order chi connectivity index (χ1) is 12.7. The molecule has 3 amide bonds. The van der Waals surface area contributed by atoms with Crippen molar-refractivity contribution in [2.75, 3.05) is 11.1 Å². The summed E-state index contributed by atoms with van der Waals surface area (Å²) >= 11 is 1.91. The van der Waals surface area contributed by atoms with Gasteiger partial charge in [0.25, 0.3) is 0 Å². The molecule has 2 aliphatic heterocycles. The number of pyridine rings is 1. The number of nitrogens with zero attached hydrogens (tertiary/aromatic N) is 1. The van der Waals surface area contributed by atoms with E-state index in [1.54, 1.807) is 6.20 Å². The summed E-state index contributed by atoms with van der Waals surface area (Å²) in [6.45, 7) is 0. The molecule has 0 saturated carbocycles. The summed E-state index contributed by atoms with van der Waals surface area (Å²) in [7, 11) is 0. The van der Waals surface area contributed by atoms with Crippen LogP contribution in [0.3, 0.4) is 0 Å². The second kappa shape index (κ2) is 7.53. The number of para-hydroxylation sites is 1. The lowest BCUT2D eigenvalue weighted by molar-refractivity contribution is -0.116. The Bertz CT molecular complexity index is 823. The first-order valence-corrected chi connectivity index (χ1v) is 10.1. The van der Waals surface area contributed by atoms with Crippen LogP contribution in [0.2, 0.25) is 0 Å². The van der Waals surface area contributed by atoms with Crippen molar-refractivity contribution in [3.8, 4) is 0 Å². The van der Waals surface area contributed by atoms with Gasteiger partial charge >= 0.3 is 6.03 Å². The van der Waals surface area contributed by atoms with Gasteiger partial charge in [-0.05, 0) is 25.0 Å². The van der Waals surface area contributed by atoms with Crippen LogP contribution < -0.4 is 16.0 Å². The maximum Gasteiger partial charge on any atom is 0.315 e. The number of aromatic nitrogens is 1. The van der Waals surface area contributed by atoms with Crippen LogP contribution in [0, 0.1) is 0 Å². The van der Waals surface area contributed by atoms with Crippen molar-refractivity contribution in [2.45, 2.75) is 43.0 Å². The number of unbranched alkanes of at least 4 members (excludes halogenated alkanes) is 1. The maximum atomic E-state index is 12.3. The molecule has 4 rings (SSSR count). The van der Waals surface area contributed by atoms with Gasteiger partial charge in [0.2, 0.25) is 5.91 Å². The van der Waals surface area contributed by atoms with Gasteiger partial charge in [-0.2, -0.15) is 11.8 Å². The quantitative estimate of drug-likeness (QED) is 0.539. The molecule has 1 aromatic heterocycles. The Morgan fingerprint density at radius 3 is 3.04 bits per heavy atom. The SMILES string of the molecule is O=C(CCCC[C@H]1SC[C@H]2NC(=O)N[C@@H]21)Nc1cccc2cccnc12. The molecule has 7 heteroatoms. The Morgan fingerprint density at radius 2 is 2.12 bits per heavy atom. The Hall–Kier alpha value is -2.28. The molecule has 0 bridgehead atoms. The molecule has 0 spiro atoms. The van der Waals surface area contributed by atoms with Gasteiger partial charge in [-0.3, -0.25) is 9.78 Å². The fraction of sp³-hybridized carbons (Fsp3) is 0.421. The third-order valence-corrected chi connectivity index (χ3v) is 6.50. The third kappa shape index (κ3) is 3.62. The largest absolute Gasteiger partial charge is 0.332 e. The van der Waals surface area contributed by atoms with Crippen LogP contribution in [0.1, 0.15) is 25.7 Å². The van der Waals surface area contributed by atoms with Gasteiger partial charge in [-0.15, -0.1) is 0 Å². The van der Waals surface area contributed by atoms with Crippen molar-refractivity contribution in [1.29, 1.82) is 0 Å². The van der Waals surface area contributed by atoms with E-state index in [2.05, 4.69) is 20.9 Å². The Kier molecular flexibility index (Phi) is 4.97. The number of thioether (sulfide) groups is 1. The predicted octanol–water partition coefficient (Wildman–Crippen LogP) is 2.90. The highest BCUT2D eigenvalue weighted by Gasteiger charge is 2.42. The number of benzene rings is 1. The Morgan fingerprint density at radius 1 is 1.23 bits per heavy atom. The highest BCUT2D eigenvalue weighted by atomic mass is 32.2. The normalized spacial score (nSPS) is 24.2. The van der Waals surface area contributed by atoms with Crippen molar-refractivity contribution >= 4 is 40.3 Å². The zero-order chi connectivity index (χ0) is 17.9. The second-order valence-electron chi connectivity index (χ2n) is 6.80. The van der Waals surface area contributed by atoms with Gasteiger partial charge < -0.3 is 16.0 Å². The van der Waals surface area contributed by atoms with E-state index in [1.807, 2.05) is 42.1 Å². The van der Waals surface area contributed by atoms with E-state index in [0.29, 0.717) is 11.7 Å². The van der Waals surface area contributed by atoms with E-state index in [9.17, 15) is 9.59 Å². The number of hydrogen-bond donors (Lipinski definition) is 3. The first-order valence-electron chi connectivity index (χ1n) is 9.03. The topological polar surface area (TPSA) is 83.1 Å². The molecule has 2 aromatic rings. The average molecular weight is 370 g/mol. The third-order valence-electron chi connectivity index (χ3n) is 4.99. The van der Waals surface area contributed by atoms with Crippen LogP contribution in [0.4, 0.5) is 10.5 Å². The summed E-state index contributed by atoms with van der Waals surface area (Å²) in [6, 6.07) is 10.1. The van der Waals surface area contributed by atoms with Gasteiger partial charge in [-0.1, -0.05) is 24.6 Å². The molecular formula is C19H22N4O2S. The van der Waals surface area contributed by atoms with Crippen molar-refractivity contribution < 1.29 is 9.59 Å². The molecule has 1 aromatic carbocycles. The number of carbonyl (C=O) groups is 2. The van der Waals surface area contributed by atoms with Gasteiger partial charge in [0.15, 0.2) is 0 Å². The number of amides is 3. The van der Waals surface area contributed by atoms with E-state index >= 15 is 0 Å². The molecule has 2 saturated heterocycles. The molecule has 0 unspecified atom stereocenters. The highest BCUT2D eigenvalue weighted by molar-refractivity contribution is 8.00. The van der Waals surface area contributed by atoms with Crippen molar-refractivity contribution in [3.05, 3.63) is 36.5 Å². The zero-order valence-electron chi connectivity index (χ0n) is 14.4. The number of hydrogen-bond acceptors (Lipinski definition) is 4. The molecule has 0 radical (unpaired) electrons. The summed E-state index contributed by atoms with van der Waals surface area (Å²) in [5, 5.41) is 10.4. The summed E-state index contributed by atoms with van der Waals surface area (Å²) in [6.07, 6.45) is 5.09.